The van der Waals surface area contributed by atoms with Crippen LogP contribution in [0.1, 0.15) is 37.4 Å². The molecule has 0 saturated carbocycles. The monoisotopic (exact) mass is 413 g/mol. The molecular weight excluding hydrogens is 386 g/mol. The average Bonchev–Trinajstić information content (AvgIpc) is 2.96. The zero-order chi connectivity index (χ0) is 21.8. The number of nitrogens with one attached hydrogen (secondary N) is 1. The molecule has 0 saturated heterocycles. The van der Waals surface area contributed by atoms with Gasteiger partial charge in [0.15, 0.2) is 17.2 Å². The summed E-state index contributed by atoms with van der Waals surface area (Å²) in [7, 11) is 4.61. The van der Waals surface area contributed by atoms with Crippen molar-refractivity contribution in [2.75, 3.05) is 27.9 Å². The Balaban J connectivity index is 2.42. The van der Waals surface area contributed by atoms with E-state index >= 15 is 0 Å². The van der Waals surface area contributed by atoms with Crippen LogP contribution in [0.4, 0.5) is 0 Å². The van der Waals surface area contributed by atoms with Gasteiger partial charge in [0.05, 0.1) is 34.0 Å². The number of aryl methyl sites for hydroxylation is 1. The Morgan fingerprint density at radius 3 is 2.40 bits per heavy atom. The standard InChI is InChI=1S/C23H27NO6/c1-6-30-23-21-14(11-20(28-4)22(23)29-5)7-9-17(24-13(2)25)16-12-18(26)19(27-3)10-8-15(16)21/h8,10-12,17H,6-7,9H2,1-5H3,(H,24,25). The highest BCUT2D eigenvalue weighted by Gasteiger charge is 2.29. The van der Waals surface area contributed by atoms with Gasteiger partial charge in [0.25, 0.3) is 0 Å². The SMILES string of the molecule is CCOc1c(OC)c(OC)cc2c1-c1ccc(OC)c(=O)cc1C(NC(C)=O)CC2. The van der Waals surface area contributed by atoms with Crippen LogP contribution in [0.3, 0.4) is 0 Å². The van der Waals surface area contributed by atoms with Gasteiger partial charge in [-0.25, -0.2) is 0 Å². The fourth-order valence-electron chi connectivity index (χ4n) is 3.95. The Labute approximate surface area is 175 Å². The quantitative estimate of drug-likeness (QED) is 0.783. The maximum atomic E-state index is 12.7. The lowest BCUT2D eigenvalue weighted by Gasteiger charge is -2.20. The Morgan fingerprint density at radius 2 is 1.80 bits per heavy atom. The first-order chi connectivity index (χ1) is 14.4. The molecule has 7 nitrogen and oxygen atoms in total. The van der Waals surface area contributed by atoms with E-state index in [4.69, 9.17) is 18.9 Å². The highest BCUT2D eigenvalue weighted by atomic mass is 16.5. The maximum absolute atomic E-state index is 12.7. The molecule has 0 heterocycles. The van der Waals surface area contributed by atoms with E-state index in [1.165, 1.54) is 20.1 Å². The largest absolute Gasteiger partial charge is 0.493 e. The summed E-state index contributed by atoms with van der Waals surface area (Å²) in [6.07, 6.45) is 1.27. The molecule has 2 aromatic rings. The number of hydrogen-bond donors (Lipinski definition) is 1. The molecule has 1 amide bonds. The molecule has 0 fully saturated rings. The molecule has 0 spiro atoms. The molecule has 1 atom stereocenters. The topological polar surface area (TPSA) is 83.1 Å². The summed E-state index contributed by atoms with van der Waals surface area (Å²) >= 11 is 0. The van der Waals surface area contributed by atoms with Gasteiger partial charge in [0.1, 0.15) is 0 Å². The van der Waals surface area contributed by atoms with Crippen LogP contribution in [0.25, 0.3) is 11.1 Å². The van der Waals surface area contributed by atoms with Crippen molar-refractivity contribution in [3.8, 4) is 34.1 Å². The summed E-state index contributed by atoms with van der Waals surface area (Å²) in [4.78, 5) is 24.6. The molecular formula is C23H27NO6. The number of ether oxygens (including phenoxy) is 4. The first kappa shape index (κ1) is 21.5. The van der Waals surface area contributed by atoms with Crippen LogP contribution in [0.15, 0.2) is 29.1 Å². The van der Waals surface area contributed by atoms with Gasteiger partial charge in [-0.15, -0.1) is 0 Å². The van der Waals surface area contributed by atoms with Gasteiger partial charge >= 0.3 is 0 Å². The zero-order valence-corrected chi connectivity index (χ0v) is 18.0. The van der Waals surface area contributed by atoms with Gasteiger partial charge in [-0.2, -0.15) is 0 Å². The van der Waals surface area contributed by atoms with Gasteiger partial charge in [0, 0.05) is 12.5 Å². The van der Waals surface area contributed by atoms with Crippen LogP contribution in [0.5, 0.6) is 23.0 Å². The highest BCUT2D eigenvalue weighted by Crippen LogP contribution is 2.50. The molecule has 1 N–H and O–H groups in total. The second-order valence-corrected chi connectivity index (χ2v) is 6.98. The molecule has 30 heavy (non-hydrogen) atoms. The lowest BCUT2D eigenvalue weighted by atomic mass is 9.95. The van der Waals surface area contributed by atoms with E-state index < -0.39 is 0 Å². The number of hydrogen-bond acceptors (Lipinski definition) is 6. The number of carbonyl (C=O) groups is 1. The molecule has 0 radical (unpaired) electrons. The third-order valence-electron chi connectivity index (χ3n) is 5.18. The van der Waals surface area contributed by atoms with Crippen LogP contribution < -0.4 is 29.7 Å². The minimum Gasteiger partial charge on any atom is -0.493 e. The predicted octanol–water partition coefficient (Wildman–Crippen LogP) is 3.26. The minimum absolute atomic E-state index is 0.164. The van der Waals surface area contributed by atoms with Crippen molar-refractivity contribution in [1.29, 1.82) is 0 Å². The molecule has 2 aromatic carbocycles. The molecule has 1 unspecified atom stereocenters. The van der Waals surface area contributed by atoms with Gasteiger partial charge in [0.2, 0.25) is 17.1 Å². The smallest absolute Gasteiger partial charge is 0.220 e. The van der Waals surface area contributed by atoms with E-state index in [-0.39, 0.29) is 23.1 Å². The molecule has 1 aliphatic rings. The van der Waals surface area contributed by atoms with Crippen molar-refractivity contribution in [2.45, 2.75) is 32.7 Å². The molecule has 3 rings (SSSR count). The van der Waals surface area contributed by atoms with E-state index in [1.807, 2.05) is 19.1 Å². The normalized spacial score (nSPS) is 14.6. The van der Waals surface area contributed by atoms with Crippen molar-refractivity contribution in [2.24, 2.45) is 0 Å². The van der Waals surface area contributed by atoms with E-state index in [1.54, 1.807) is 20.3 Å². The summed E-state index contributed by atoms with van der Waals surface area (Å²) in [5.74, 6) is 1.67. The van der Waals surface area contributed by atoms with E-state index in [0.29, 0.717) is 42.3 Å². The minimum atomic E-state index is -0.332. The average molecular weight is 413 g/mol. The molecule has 0 aliphatic heterocycles. The number of rotatable bonds is 6. The first-order valence-corrected chi connectivity index (χ1v) is 9.85. The number of benzene rings is 1. The molecule has 7 heteroatoms. The third kappa shape index (κ3) is 3.92. The summed E-state index contributed by atoms with van der Waals surface area (Å²) in [5, 5.41) is 2.98. The van der Waals surface area contributed by atoms with Crippen molar-refractivity contribution in [3.63, 3.8) is 0 Å². The van der Waals surface area contributed by atoms with Crippen molar-refractivity contribution in [1.82, 2.24) is 5.32 Å². The second kappa shape index (κ2) is 9.07. The van der Waals surface area contributed by atoms with E-state index in [0.717, 1.165) is 16.7 Å². The van der Waals surface area contributed by atoms with Crippen molar-refractivity contribution in [3.05, 3.63) is 45.6 Å². The summed E-state index contributed by atoms with van der Waals surface area (Å²) < 4.78 is 22.4. The molecule has 1 aliphatic carbocycles. The fourth-order valence-corrected chi connectivity index (χ4v) is 3.95. The molecule has 0 bridgehead atoms. The number of fused-ring (bicyclic) bond motifs is 3. The summed E-state index contributed by atoms with van der Waals surface area (Å²) in [6, 6.07) is 6.62. The molecule has 160 valence electrons. The summed E-state index contributed by atoms with van der Waals surface area (Å²) in [6.45, 7) is 3.79. The van der Waals surface area contributed by atoms with Crippen LogP contribution in [0, 0.1) is 0 Å². The number of methoxy groups -OCH3 is 3. The number of carbonyl (C=O) groups excluding carboxylic acids is 1. The number of amides is 1. The van der Waals surface area contributed by atoms with Crippen LogP contribution in [-0.2, 0) is 11.2 Å². The van der Waals surface area contributed by atoms with Crippen LogP contribution in [-0.4, -0.2) is 33.8 Å². The Kier molecular flexibility index (Phi) is 6.50. The Bertz CT molecular complexity index is 1020. The van der Waals surface area contributed by atoms with Crippen molar-refractivity contribution < 1.29 is 23.7 Å². The van der Waals surface area contributed by atoms with Gasteiger partial charge in [-0.3, -0.25) is 9.59 Å². The van der Waals surface area contributed by atoms with Crippen LogP contribution >= 0.6 is 0 Å². The Morgan fingerprint density at radius 1 is 1.07 bits per heavy atom. The zero-order valence-electron chi connectivity index (χ0n) is 18.0. The summed E-state index contributed by atoms with van der Waals surface area (Å²) in [5.41, 5.74) is 3.06. The lowest BCUT2D eigenvalue weighted by Crippen LogP contribution is -2.26. The van der Waals surface area contributed by atoms with Gasteiger partial charge < -0.3 is 24.3 Å². The lowest BCUT2D eigenvalue weighted by molar-refractivity contribution is -0.119. The van der Waals surface area contributed by atoms with E-state index in [9.17, 15) is 9.59 Å². The molecule has 0 aromatic heterocycles. The maximum Gasteiger partial charge on any atom is 0.220 e. The third-order valence-corrected chi connectivity index (χ3v) is 5.18. The second-order valence-electron chi connectivity index (χ2n) is 6.98. The van der Waals surface area contributed by atoms with Gasteiger partial charge in [-0.1, -0.05) is 6.07 Å². The Hall–Kier alpha value is -3.22. The fraction of sp³-hybridized carbons (Fsp3) is 0.391. The van der Waals surface area contributed by atoms with Crippen molar-refractivity contribution >= 4 is 5.91 Å². The van der Waals surface area contributed by atoms with Crippen LogP contribution in [0.2, 0.25) is 0 Å². The first-order valence-electron chi connectivity index (χ1n) is 9.85. The van der Waals surface area contributed by atoms with E-state index in [2.05, 4.69) is 5.32 Å². The van der Waals surface area contributed by atoms with Gasteiger partial charge in [-0.05, 0) is 54.7 Å². The predicted molar refractivity (Wildman–Crippen MR) is 114 cm³/mol. The highest BCUT2D eigenvalue weighted by molar-refractivity contribution is 5.83.